The predicted molar refractivity (Wildman–Crippen MR) is 93.1 cm³/mol. The minimum Gasteiger partial charge on any atom is -0.464 e. The van der Waals surface area contributed by atoms with Crippen molar-refractivity contribution in [1.29, 1.82) is 0 Å². The van der Waals surface area contributed by atoms with E-state index in [2.05, 4.69) is 20.8 Å². The first-order valence-electron chi connectivity index (χ1n) is 7.81. The number of tetrazole rings is 1. The lowest BCUT2D eigenvalue weighted by molar-refractivity contribution is -0.136. The van der Waals surface area contributed by atoms with Crippen LogP contribution in [0.4, 0.5) is 5.95 Å². The number of methoxy groups -OCH3 is 1. The Labute approximate surface area is 157 Å². The Kier molecular flexibility index (Phi) is 4.21. The Balaban J connectivity index is 1.95. The van der Waals surface area contributed by atoms with Crippen molar-refractivity contribution in [3.63, 3.8) is 0 Å². The molecule has 0 aliphatic carbocycles. The van der Waals surface area contributed by atoms with E-state index in [-0.39, 0.29) is 23.0 Å². The molecule has 0 saturated heterocycles. The van der Waals surface area contributed by atoms with Crippen molar-refractivity contribution in [2.45, 2.75) is 6.04 Å². The van der Waals surface area contributed by atoms with Gasteiger partial charge in [-0.2, -0.15) is 4.68 Å². The second-order valence-corrected chi connectivity index (χ2v) is 6.05. The number of benzene rings is 1. The number of hydrogen-bond donors (Lipinski definition) is 1. The molecule has 3 aromatic rings. The summed E-state index contributed by atoms with van der Waals surface area (Å²) in [5.74, 6) is -0.942. The van der Waals surface area contributed by atoms with Gasteiger partial charge in [-0.15, -0.1) is 0 Å². The average molecular weight is 386 g/mol. The number of nitrogens with one attached hydrogen (secondary N) is 1. The molecule has 1 atom stereocenters. The van der Waals surface area contributed by atoms with E-state index in [0.29, 0.717) is 10.6 Å². The number of nitrogens with zero attached hydrogens (tertiary/aromatic N) is 4. The highest BCUT2D eigenvalue weighted by Gasteiger charge is 2.39. The normalized spacial score (nSPS) is 15.9. The molecule has 1 aliphatic heterocycles. The molecule has 27 heavy (non-hydrogen) atoms. The van der Waals surface area contributed by atoms with Crippen LogP contribution in [0.15, 0.2) is 58.3 Å². The van der Waals surface area contributed by atoms with Gasteiger partial charge in [-0.25, -0.2) is 4.79 Å². The monoisotopic (exact) mass is 385 g/mol. The molecule has 10 heteroatoms. The van der Waals surface area contributed by atoms with Crippen LogP contribution in [0.3, 0.4) is 0 Å². The molecule has 1 aliphatic rings. The van der Waals surface area contributed by atoms with Crippen molar-refractivity contribution in [3.8, 4) is 0 Å². The molecule has 9 nitrogen and oxygen atoms in total. The van der Waals surface area contributed by atoms with Gasteiger partial charge in [0.15, 0.2) is 5.76 Å². The van der Waals surface area contributed by atoms with Crippen molar-refractivity contribution in [1.82, 2.24) is 20.2 Å². The van der Waals surface area contributed by atoms with Gasteiger partial charge in [0.25, 0.3) is 0 Å². The number of ether oxygens (including phenoxy) is 1. The smallest absolute Gasteiger partial charge is 0.355 e. The van der Waals surface area contributed by atoms with Crippen LogP contribution < -0.4 is 5.32 Å². The fourth-order valence-electron chi connectivity index (χ4n) is 2.88. The summed E-state index contributed by atoms with van der Waals surface area (Å²) in [4.78, 5) is 25.6. The number of ketones is 1. The molecule has 2 aromatic heterocycles. The van der Waals surface area contributed by atoms with E-state index in [1.54, 1.807) is 30.3 Å². The van der Waals surface area contributed by atoms with Gasteiger partial charge in [-0.3, -0.25) is 4.79 Å². The number of halogens is 1. The zero-order chi connectivity index (χ0) is 19.0. The van der Waals surface area contributed by atoms with Crippen LogP contribution in [0.5, 0.6) is 0 Å². The van der Waals surface area contributed by atoms with Gasteiger partial charge in [0.2, 0.25) is 11.7 Å². The van der Waals surface area contributed by atoms with Gasteiger partial charge in [-0.05, 0) is 40.3 Å². The van der Waals surface area contributed by atoms with Gasteiger partial charge in [-0.1, -0.05) is 28.8 Å². The maximum absolute atomic E-state index is 13.2. The molecule has 1 aromatic carbocycles. The highest BCUT2D eigenvalue weighted by atomic mass is 35.5. The zero-order valence-corrected chi connectivity index (χ0v) is 14.7. The summed E-state index contributed by atoms with van der Waals surface area (Å²) in [6.45, 7) is 0. The first-order valence-corrected chi connectivity index (χ1v) is 8.19. The van der Waals surface area contributed by atoms with Crippen molar-refractivity contribution in [2.24, 2.45) is 0 Å². The van der Waals surface area contributed by atoms with E-state index in [4.69, 9.17) is 20.8 Å². The van der Waals surface area contributed by atoms with Crippen LogP contribution in [0.2, 0.25) is 5.02 Å². The fourth-order valence-corrected chi connectivity index (χ4v) is 3.01. The lowest BCUT2D eigenvalue weighted by Crippen LogP contribution is -2.32. The van der Waals surface area contributed by atoms with E-state index in [1.807, 2.05) is 0 Å². The fraction of sp³-hybridized carbons (Fsp3) is 0.118. The highest BCUT2D eigenvalue weighted by molar-refractivity contribution is 6.30. The van der Waals surface area contributed by atoms with E-state index >= 15 is 0 Å². The molecule has 0 saturated carbocycles. The molecule has 4 rings (SSSR count). The molecular formula is C17H12ClN5O4. The summed E-state index contributed by atoms with van der Waals surface area (Å²) < 4.78 is 11.5. The highest BCUT2D eigenvalue weighted by Crippen LogP contribution is 2.36. The van der Waals surface area contributed by atoms with Crippen molar-refractivity contribution in [2.75, 3.05) is 12.4 Å². The molecule has 0 spiro atoms. The number of Topliss-reactive ketones (excluding diaryl/α,β-unsaturated/α-hetero) is 1. The third kappa shape index (κ3) is 2.87. The van der Waals surface area contributed by atoms with Crippen LogP contribution in [0.1, 0.15) is 22.2 Å². The summed E-state index contributed by atoms with van der Waals surface area (Å²) in [5.41, 5.74) is 0.700. The first-order chi connectivity index (χ1) is 13.1. The van der Waals surface area contributed by atoms with Crippen molar-refractivity contribution in [3.05, 3.63) is 70.3 Å². The Morgan fingerprint density at radius 2 is 2.04 bits per heavy atom. The third-order valence-corrected chi connectivity index (χ3v) is 4.33. The SMILES string of the molecule is COC(=O)C1=C(C(=O)c2ccco2)[C@H](c2ccc(Cl)cc2)n2nnnc2N1. The van der Waals surface area contributed by atoms with Crippen LogP contribution in [-0.2, 0) is 9.53 Å². The van der Waals surface area contributed by atoms with Gasteiger partial charge in [0.1, 0.15) is 11.7 Å². The van der Waals surface area contributed by atoms with E-state index in [9.17, 15) is 9.59 Å². The van der Waals surface area contributed by atoms with Gasteiger partial charge in [0, 0.05) is 5.02 Å². The number of carbonyl (C=O) groups excluding carboxylic acids is 2. The molecule has 0 fully saturated rings. The zero-order valence-electron chi connectivity index (χ0n) is 13.9. The molecule has 136 valence electrons. The average Bonchev–Trinajstić information content (AvgIpc) is 3.37. The molecular weight excluding hydrogens is 374 g/mol. The predicted octanol–water partition coefficient (Wildman–Crippen LogP) is 2.24. The minimum atomic E-state index is -0.778. The quantitative estimate of drug-likeness (QED) is 0.537. The molecule has 1 N–H and O–H groups in total. The van der Waals surface area contributed by atoms with E-state index < -0.39 is 17.8 Å². The lowest BCUT2D eigenvalue weighted by Gasteiger charge is -2.27. The number of esters is 1. The summed E-state index contributed by atoms with van der Waals surface area (Å²) in [5, 5.41) is 14.8. The Morgan fingerprint density at radius 1 is 1.26 bits per heavy atom. The second kappa shape index (κ2) is 6.69. The molecule has 0 bridgehead atoms. The molecule has 0 unspecified atom stereocenters. The number of carbonyl (C=O) groups is 2. The third-order valence-electron chi connectivity index (χ3n) is 4.08. The van der Waals surface area contributed by atoms with Gasteiger partial charge in [0.05, 0.1) is 18.9 Å². The van der Waals surface area contributed by atoms with Crippen LogP contribution in [0, 0.1) is 0 Å². The number of aromatic nitrogens is 4. The molecule has 0 amide bonds. The molecule has 0 radical (unpaired) electrons. The number of rotatable bonds is 4. The van der Waals surface area contributed by atoms with Crippen molar-refractivity contribution < 1.29 is 18.7 Å². The minimum absolute atomic E-state index is 0.0545. The maximum atomic E-state index is 13.2. The Bertz CT molecular complexity index is 1040. The summed E-state index contributed by atoms with van der Waals surface area (Å²) >= 11 is 5.98. The molecule has 3 heterocycles. The number of allylic oxidation sites excluding steroid dienone is 1. The summed E-state index contributed by atoms with van der Waals surface area (Å²) in [6.07, 6.45) is 1.38. The lowest BCUT2D eigenvalue weighted by atomic mass is 9.91. The van der Waals surface area contributed by atoms with Crippen LogP contribution in [-0.4, -0.2) is 39.1 Å². The standard InChI is InChI=1S/C17H12ClN5O4/c1-26-16(25)13-12(15(24)11-3-2-8-27-11)14(9-4-6-10(18)7-5-9)23-17(19-13)20-21-22-23/h2-8,14H,1H3,(H,19,20,22)/t14-/m0/s1. The summed E-state index contributed by atoms with van der Waals surface area (Å²) in [6, 6.07) is 9.13. The first kappa shape index (κ1) is 17.0. The van der Waals surface area contributed by atoms with Gasteiger partial charge < -0.3 is 14.5 Å². The maximum Gasteiger partial charge on any atom is 0.355 e. The largest absolute Gasteiger partial charge is 0.464 e. The summed E-state index contributed by atoms with van der Waals surface area (Å²) in [7, 11) is 1.22. The number of furan rings is 1. The van der Waals surface area contributed by atoms with Gasteiger partial charge >= 0.3 is 5.97 Å². The number of anilines is 1. The number of fused-ring (bicyclic) bond motifs is 1. The Morgan fingerprint density at radius 3 is 2.70 bits per heavy atom. The second-order valence-electron chi connectivity index (χ2n) is 5.61. The van der Waals surface area contributed by atoms with Crippen molar-refractivity contribution >= 4 is 29.3 Å². The Hall–Kier alpha value is -3.46. The number of hydrogen-bond acceptors (Lipinski definition) is 8. The van der Waals surface area contributed by atoms with Crippen LogP contribution >= 0.6 is 11.6 Å². The van der Waals surface area contributed by atoms with Crippen LogP contribution in [0.25, 0.3) is 0 Å². The topological polar surface area (TPSA) is 112 Å². The van der Waals surface area contributed by atoms with E-state index in [0.717, 1.165) is 0 Å². The van der Waals surface area contributed by atoms with E-state index in [1.165, 1.54) is 24.1 Å².